The first-order chi connectivity index (χ1) is 16.8. The van der Waals surface area contributed by atoms with Crippen molar-refractivity contribution in [3.05, 3.63) is 53.9 Å². The molecular weight excluding hydrogens is 444 g/mol. The monoisotopic (exact) mass is 482 g/mol. The fourth-order valence-corrected chi connectivity index (χ4v) is 4.32. The zero-order valence-corrected chi connectivity index (χ0v) is 21.5. The topological polar surface area (TPSA) is 84.0 Å². The minimum atomic E-state index is -0.164. The molecule has 0 bridgehead atoms. The number of hydrogen-bond acceptors (Lipinski definition) is 6. The van der Waals surface area contributed by atoms with Crippen molar-refractivity contribution >= 4 is 17.5 Å². The molecule has 1 aromatic heterocycles. The first kappa shape index (κ1) is 26.6. The van der Waals surface area contributed by atoms with Gasteiger partial charge in [0.25, 0.3) is 5.91 Å². The minimum Gasteiger partial charge on any atom is -0.491 e. The molecule has 0 spiro atoms. The zero-order valence-electron chi connectivity index (χ0n) is 21.5. The highest BCUT2D eigenvalue weighted by molar-refractivity contribution is 5.99. The van der Waals surface area contributed by atoms with Crippen LogP contribution in [0.5, 0.6) is 5.75 Å². The maximum atomic E-state index is 13.4. The lowest BCUT2D eigenvalue weighted by atomic mass is 10.0. The second-order valence-electron chi connectivity index (χ2n) is 9.39. The molecule has 190 valence electrons. The molecule has 1 aliphatic rings. The first-order valence-corrected chi connectivity index (χ1v) is 12.3. The molecule has 1 aliphatic heterocycles. The van der Waals surface area contributed by atoms with Gasteiger partial charge < -0.3 is 19.7 Å². The van der Waals surface area contributed by atoms with Gasteiger partial charge in [-0.25, -0.2) is 0 Å². The highest BCUT2D eigenvalue weighted by atomic mass is 16.5. The number of fused-ring (bicyclic) bond motifs is 1. The van der Waals surface area contributed by atoms with Crippen LogP contribution in [-0.2, 0) is 16.1 Å². The van der Waals surface area contributed by atoms with Gasteiger partial charge in [-0.05, 0) is 55.2 Å². The van der Waals surface area contributed by atoms with E-state index in [9.17, 15) is 9.59 Å². The second-order valence-corrected chi connectivity index (χ2v) is 9.39. The number of anilines is 1. The lowest BCUT2D eigenvalue weighted by Crippen LogP contribution is -2.46. The molecule has 1 N–H and O–H groups in total. The number of methoxy groups -OCH3 is 1. The molecule has 0 saturated carbocycles. The minimum absolute atomic E-state index is 0.0732. The normalized spacial score (nSPS) is 21.9. The van der Waals surface area contributed by atoms with Gasteiger partial charge >= 0.3 is 0 Å². The summed E-state index contributed by atoms with van der Waals surface area (Å²) in [6.45, 7) is 8.66. The van der Waals surface area contributed by atoms with E-state index in [0.717, 1.165) is 19.5 Å². The van der Waals surface area contributed by atoms with Crippen LogP contribution in [0.3, 0.4) is 0 Å². The maximum absolute atomic E-state index is 13.4. The number of nitrogens with one attached hydrogen (secondary N) is 1. The lowest BCUT2D eigenvalue weighted by Gasteiger charge is -2.36. The molecule has 0 unspecified atom stereocenters. The van der Waals surface area contributed by atoms with Gasteiger partial charge in [-0.15, -0.1) is 0 Å². The Hall–Kier alpha value is -2.97. The summed E-state index contributed by atoms with van der Waals surface area (Å²) in [5, 5.41) is 2.88. The van der Waals surface area contributed by atoms with Crippen molar-refractivity contribution in [2.24, 2.45) is 5.92 Å². The highest BCUT2D eigenvalue weighted by Crippen LogP contribution is 2.27. The van der Waals surface area contributed by atoms with E-state index >= 15 is 0 Å². The SMILES string of the molecule is CCCC(=O)Nc1ccc2c(c1)C(=O)N(C)C[C@@H](OC)[C@@H](C)CN(Cc1ccncc1)[C@@H](C)CO2. The maximum Gasteiger partial charge on any atom is 0.257 e. The van der Waals surface area contributed by atoms with Crippen molar-refractivity contribution in [2.75, 3.05) is 39.2 Å². The average molecular weight is 483 g/mol. The molecule has 2 aromatic rings. The number of carbonyl (C=O) groups is 2. The van der Waals surface area contributed by atoms with E-state index in [-0.39, 0.29) is 29.9 Å². The van der Waals surface area contributed by atoms with E-state index in [0.29, 0.717) is 36.6 Å². The van der Waals surface area contributed by atoms with Crippen LogP contribution >= 0.6 is 0 Å². The van der Waals surface area contributed by atoms with E-state index in [2.05, 4.69) is 29.0 Å². The number of amides is 2. The standard InChI is InChI=1S/C27H38N4O4/c1-6-7-26(32)29-22-8-9-24-23(14-22)27(33)30(4)17-25(34-5)19(2)15-31(20(3)18-35-24)16-21-10-12-28-13-11-21/h8-14,19-20,25H,6-7,15-18H2,1-5H3,(H,29,32)/t19-,20-,25+/m0/s1. The predicted octanol–water partition coefficient (Wildman–Crippen LogP) is 3.83. The summed E-state index contributed by atoms with van der Waals surface area (Å²) in [6.07, 6.45) is 4.67. The molecule has 0 saturated heterocycles. The third-order valence-corrected chi connectivity index (χ3v) is 6.47. The smallest absolute Gasteiger partial charge is 0.257 e. The van der Waals surface area contributed by atoms with Crippen molar-refractivity contribution in [3.8, 4) is 5.75 Å². The van der Waals surface area contributed by atoms with Gasteiger partial charge in [0.1, 0.15) is 12.4 Å². The molecular formula is C27H38N4O4. The number of ether oxygens (including phenoxy) is 2. The molecule has 1 aromatic carbocycles. The molecule has 3 atom stereocenters. The highest BCUT2D eigenvalue weighted by Gasteiger charge is 2.28. The molecule has 2 heterocycles. The molecule has 3 rings (SSSR count). The molecule has 0 aliphatic carbocycles. The summed E-state index contributed by atoms with van der Waals surface area (Å²) in [7, 11) is 3.47. The second kappa shape index (κ2) is 12.7. The third kappa shape index (κ3) is 7.26. The van der Waals surface area contributed by atoms with Crippen LogP contribution in [0.15, 0.2) is 42.7 Å². The Balaban J connectivity index is 1.92. The number of hydrogen-bond donors (Lipinski definition) is 1. The quantitative estimate of drug-likeness (QED) is 0.674. The van der Waals surface area contributed by atoms with E-state index in [1.54, 1.807) is 37.3 Å². The predicted molar refractivity (Wildman–Crippen MR) is 137 cm³/mol. The zero-order chi connectivity index (χ0) is 25.4. The molecule has 8 nitrogen and oxygen atoms in total. The van der Waals surface area contributed by atoms with Crippen LogP contribution in [0.1, 0.15) is 49.5 Å². The summed E-state index contributed by atoms with van der Waals surface area (Å²) in [5.41, 5.74) is 2.20. The number of likely N-dealkylation sites (N-methyl/N-ethyl adjacent to an activating group) is 1. The Kier molecular flexibility index (Phi) is 9.63. The van der Waals surface area contributed by atoms with Crippen molar-refractivity contribution in [1.29, 1.82) is 0 Å². The van der Waals surface area contributed by atoms with E-state index < -0.39 is 0 Å². The summed E-state index contributed by atoms with van der Waals surface area (Å²) >= 11 is 0. The van der Waals surface area contributed by atoms with Gasteiger partial charge in [0.05, 0.1) is 11.7 Å². The fraction of sp³-hybridized carbons (Fsp3) is 0.519. The summed E-state index contributed by atoms with van der Waals surface area (Å²) < 4.78 is 12.0. The van der Waals surface area contributed by atoms with Crippen LogP contribution in [0.4, 0.5) is 5.69 Å². The van der Waals surface area contributed by atoms with Crippen LogP contribution in [0, 0.1) is 5.92 Å². The Labute approximate surface area is 208 Å². The van der Waals surface area contributed by atoms with E-state index in [4.69, 9.17) is 9.47 Å². The van der Waals surface area contributed by atoms with Crippen LogP contribution < -0.4 is 10.1 Å². The Morgan fingerprint density at radius 3 is 2.63 bits per heavy atom. The van der Waals surface area contributed by atoms with Gasteiger partial charge in [0, 0.05) is 64.3 Å². The average Bonchev–Trinajstić information content (AvgIpc) is 2.85. The fourth-order valence-electron chi connectivity index (χ4n) is 4.32. The molecule has 8 heteroatoms. The van der Waals surface area contributed by atoms with Crippen molar-refractivity contribution < 1.29 is 19.1 Å². The number of nitrogens with zero attached hydrogens (tertiary/aromatic N) is 3. The van der Waals surface area contributed by atoms with Crippen molar-refractivity contribution in [3.63, 3.8) is 0 Å². The Morgan fingerprint density at radius 2 is 1.94 bits per heavy atom. The lowest BCUT2D eigenvalue weighted by molar-refractivity contribution is -0.116. The van der Waals surface area contributed by atoms with Gasteiger partial charge in [-0.2, -0.15) is 0 Å². The van der Waals surface area contributed by atoms with Crippen LogP contribution in [-0.4, -0.2) is 72.6 Å². The number of aromatic nitrogens is 1. The summed E-state index contributed by atoms with van der Waals surface area (Å²) in [4.78, 5) is 33.7. The van der Waals surface area contributed by atoms with Gasteiger partial charge in [0.2, 0.25) is 5.91 Å². The largest absolute Gasteiger partial charge is 0.491 e. The number of carbonyl (C=O) groups excluding carboxylic acids is 2. The summed E-state index contributed by atoms with van der Waals surface area (Å²) in [5.74, 6) is 0.449. The number of benzene rings is 1. The first-order valence-electron chi connectivity index (χ1n) is 12.3. The number of pyridine rings is 1. The molecule has 35 heavy (non-hydrogen) atoms. The molecule has 2 amide bonds. The summed E-state index contributed by atoms with van der Waals surface area (Å²) in [6, 6.07) is 9.40. The van der Waals surface area contributed by atoms with Crippen molar-refractivity contribution in [2.45, 2.75) is 52.3 Å². The van der Waals surface area contributed by atoms with Gasteiger partial charge in [0.15, 0.2) is 0 Å². The third-order valence-electron chi connectivity index (χ3n) is 6.47. The van der Waals surface area contributed by atoms with Crippen molar-refractivity contribution in [1.82, 2.24) is 14.8 Å². The molecule has 0 radical (unpaired) electrons. The van der Waals surface area contributed by atoms with E-state index in [1.165, 1.54) is 5.56 Å². The molecule has 0 fully saturated rings. The van der Waals surface area contributed by atoms with Crippen LogP contribution in [0.25, 0.3) is 0 Å². The van der Waals surface area contributed by atoms with Gasteiger partial charge in [-0.1, -0.05) is 13.8 Å². The van der Waals surface area contributed by atoms with Gasteiger partial charge in [-0.3, -0.25) is 19.5 Å². The van der Waals surface area contributed by atoms with E-state index in [1.807, 2.05) is 31.5 Å². The Morgan fingerprint density at radius 1 is 1.20 bits per heavy atom. The van der Waals surface area contributed by atoms with Crippen LogP contribution in [0.2, 0.25) is 0 Å². The Bertz CT molecular complexity index is 984. The number of rotatable bonds is 6.